The highest BCUT2D eigenvalue weighted by Gasteiger charge is 2.24. The number of anilines is 2. The molecule has 0 unspecified atom stereocenters. The van der Waals surface area contributed by atoms with Crippen molar-refractivity contribution in [1.82, 2.24) is 10.1 Å². The molecule has 0 atom stereocenters. The topological polar surface area (TPSA) is 85.2 Å². The molecular formula is C21H22ClFN4O2. The van der Waals surface area contributed by atoms with E-state index in [1.165, 1.54) is 6.07 Å². The molecule has 0 saturated heterocycles. The van der Waals surface area contributed by atoms with Crippen LogP contribution < -0.4 is 10.6 Å². The first-order valence-electron chi connectivity index (χ1n) is 9.30. The quantitative estimate of drug-likeness (QED) is 0.647. The molecule has 0 spiro atoms. The number of rotatable bonds is 4. The van der Waals surface area contributed by atoms with Gasteiger partial charge < -0.3 is 15.2 Å². The lowest BCUT2D eigenvalue weighted by atomic mass is 9.99. The Balaban J connectivity index is 0.00000240. The van der Waals surface area contributed by atoms with Crippen LogP contribution in [0.25, 0.3) is 11.4 Å². The Morgan fingerprint density at radius 1 is 1.31 bits per heavy atom. The van der Waals surface area contributed by atoms with Crippen molar-refractivity contribution in [2.75, 3.05) is 17.2 Å². The molecule has 8 heteroatoms. The molecule has 0 bridgehead atoms. The van der Waals surface area contributed by atoms with Gasteiger partial charge in [-0.25, -0.2) is 4.39 Å². The lowest BCUT2D eigenvalue weighted by molar-refractivity contribution is -0.118. The Hall–Kier alpha value is -2.93. The van der Waals surface area contributed by atoms with Crippen molar-refractivity contribution in [3.8, 4) is 11.4 Å². The molecule has 1 aromatic heterocycles. The van der Waals surface area contributed by atoms with Crippen LogP contribution in [-0.4, -0.2) is 22.6 Å². The van der Waals surface area contributed by atoms with Gasteiger partial charge in [0.25, 0.3) is 0 Å². The number of benzene rings is 2. The van der Waals surface area contributed by atoms with Crippen molar-refractivity contribution >= 4 is 29.7 Å². The van der Waals surface area contributed by atoms with Crippen molar-refractivity contribution in [2.45, 2.75) is 32.6 Å². The standard InChI is InChI=1S/C21H21FN4O2.ClH/c1-13-7-8-14(12-16(13)22)21-24-19(28-25-21)9-10-20(27)26-11-3-4-15-17(23)5-2-6-18(15)26;/h2,5-8,12H,3-4,9-11,23H2,1H3;1H. The van der Waals surface area contributed by atoms with Gasteiger partial charge in [-0.2, -0.15) is 4.98 Å². The average Bonchev–Trinajstić information content (AvgIpc) is 3.17. The lowest BCUT2D eigenvalue weighted by Gasteiger charge is -2.30. The van der Waals surface area contributed by atoms with Gasteiger partial charge in [0.1, 0.15) is 5.82 Å². The third kappa shape index (κ3) is 4.24. The molecule has 0 saturated carbocycles. The summed E-state index contributed by atoms with van der Waals surface area (Å²) in [7, 11) is 0. The third-order valence-electron chi connectivity index (χ3n) is 5.04. The number of fused-ring (bicyclic) bond motifs is 1. The number of hydrogen-bond acceptors (Lipinski definition) is 5. The van der Waals surface area contributed by atoms with E-state index >= 15 is 0 Å². The fourth-order valence-electron chi connectivity index (χ4n) is 3.47. The number of aryl methyl sites for hydroxylation is 2. The number of carbonyl (C=O) groups is 1. The second-order valence-electron chi connectivity index (χ2n) is 6.97. The zero-order valence-corrected chi connectivity index (χ0v) is 16.8. The van der Waals surface area contributed by atoms with E-state index in [0.29, 0.717) is 35.8 Å². The molecule has 0 fully saturated rings. The van der Waals surface area contributed by atoms with Crippen LogP contribution in [0.5, 0.6) is 0 Å². The number of halogens is 2. The molecule has 29 heavy (non-hydrogen) atoms. The monoisotopic (exact) mass is 416 g/mol. The first-order chi connectivity index (χ1) is 13.5. The summed E-state index contributed by atoms with van der Waals surface area (Å²) in [6, 6.07) is 10.5. The van der Waals surface area contributed by atoms with Gasteiger partial charge in [0.2, 0.25) is 17.6 Å². The van der Waals surface area contributed by atoms with Crippen LogP contribution in [0.4, 0.5) is 15.8 Å². The van der Waals surface area contributed by atoms with Gasteiger partial charge in [0, 0.05) is 36.3 Å². The normalized spacial score (nSPS) is 13.0. The van der Waals surface area contributed by atoms with E-state index in [4.69, 9.17) is 10.3 Å². The molecule has 0 aliphatic carbocycles. The van der Waals surface area contributed by atoms with Crippen LogP contribution in [-0.2, 0) is 17.6 Å². The minimum Gasteiger partial charge on any atom is -0.398 e. The van der Waals surface area contributed by atoms with Gasteiger partial charge >= 0.3 is 0 Å². The van der Waals surface area contributed by atoms with Gasteiger partial charge in [0.15, 0.2) is 0 Å². The number of hydrogen-bond donors (Lipinski definition) is 1. The highest BCUT2D eigenvalue weighted by Crippen LogP contribution is 2.31. The zero-order chi connectivity index (χ0) is 19.7. The number of nitrogens with zero attached hydrogens (tertiary/aromatic N) is 3. The van der Waals surface area contributed by atoms with Crippen LogP contribution in [0.15, 0.2) is 40.9 Å². The first kappa shape index (κ1) is 20.8. The van der Waals surface area contributed by atoms with Gasteiger partial charge in [-0.05, 0) is 49.1 Å². The Bertz CT molecular complexity index is 1040. The minimum absolute atomic E-state index is 0. The van der Waals surface area contributed by atoms with Crippen LogP contribution in [0, 0.1) is 12.7 Å². The Labute approximate surface area is 174 Å². The summed E-state index contributed by atoms with van der Waals surface area (Å²) in [4.78, 5) is 18.8. The maximum absolute atomic E-state index is 13.7. The number of carbonyl (C=O) groups excluding carboxylic acids is 1. The van der Waals surface area contributed by atoms with E-state index in [1.54, 1.807) is 24.0 Å². The van der Waals surface area contributed by atoms with Crippen molar-refractivity contribution in [1.29, 1.82) is 0 Å². The minimum atomic E-state index is -0.318. The molecule has 1 aliphatic rings. The first-order valence-corrected chi connectivity index (χ1v) is 9.30. The summed E-state index contributed by atoms with van der Waals surface area (Å²) in [5, 5.41) is 3.90. The molecule has 2 aromatic carbocycles. The molecule has 3 aromatic rings. The van der Waals surface area contributed by atoms with E-state index in [-0.39, 0.29) is 30.6 Å². The predicted octanol–water partition coefficient (Wildman–Crippen LogP) is 4.10. The summed E-state index contributed by atoms with van der Waals surface area (Å²) < 4.78 is 19.0. The van der Waals surface area contributed by atoms with Gasteiger partial charge in [0.05, 0.1) is 0 Å². The van der Waals surface area contributed by atoms with Crippen LogP contribution in [0.3, 0.4) is 0 Å². The predicted molar refractivity (Wildman–Crippen MR) is 112 cm³/mol. The molecule has 2 heterocycles. The third-order valence-corrected chi connectivity index (χ3v) is 5.04. The summed E-state index contributed by atoms with van der Waals surface area (Å²) in [6.45, 7) is 2.37. The maximum Gasteiger partial charge on any atom is 0.227 e. The van der Waals surface area contributed by atoms with E-state index in [1.807, 2.05) is 18.2 Å². The molecule has 1 aliphatic heterocycles. The smallest absolute Gasteiger partial charge is 0.227 e. The van der Waals surface area contributed by atoms with Crippen molar-refractivity contribution in [2.24, 2.45) is 0 Å². The lowest BCUT2D eigenvalue weighted by Crippen LogP contribution is -2.35. The highest BCUT2D eigenvalue weighted by molar-refractivity contribution is 5.95. The van der Waals surface area contributed by atoms with Crippen molar-refractivity contribution < 1.29 is 13.7 Å². The molecule has 0 radical (unpaired) electrons. The Morgan fingerprint density at radius 2 is 2.14 bits per heavy atom. The summed E-state index contributed by atoms with van der Waals surface area (Å²) >= 11 is 0. The highest BCUT2D eigenvalue weighted by atomic mass is 35.5. The fraction of sp³-hybridized carbons (Fsp3) is 0.286. The van der Waals surface area contributed by atoms with Gasteiger partial charge in [-0.3, -0.25) is 4.79 Å². The molecule has 1 amide bonds. The number of aromatic nitrogens is 2. The van der Waals surface area contributed by atoms with Crippen LogP contribution >= 0.6 is 12.4 Å². The molecule has 4 rings (SSSR count). The van der Waals surface area contributed by atoms with E-state index in [0.717, 1.165) is 29.8 Å². The maximum atomic E-state index is 13.7. The number of nitrogens with two attached hydrogens (primary N) is 1. The summed E-state index contributed by atoms with van der Waals surface area (Å²) in [5.41, 5.74) is 9.79. The average molecular weight is 417 g/mol. The summed E-state index contributed by atoms with van der Waals surface area (Å²) in [6.07, 6.45) is 2.34. The Kier molecular flexibility index (Phi) is 6.17. The number of amides is 1. The van der Waals surface area contributed by atoms with Gasteiger partial charge in [-0.15, -0.1) is 12.4 Å². The fourth-order valence-corrected chi connectivity index (χ4v) is 3.47. The number of nitrogen functional groups attached to an aromatic ring is 1. The SMILES string of the molecule is Cc1ccc(-c2noc(CCC(=O)N3CCCc4c(N)cccc43)n2)cc1F.Cl. The molecular weight excluding hydrogens is 395 g/mol. The molecule has 152 valence electrons. The zero-order valence-electron chi connectivity index (χ0n) is 16.0. The molecule has 6 nitrogen and oxygen atoms in total. The largest absolute Gasteiger partial charge is 0.398 e. The Morgan fingerprint density at radius 3 is 2.93 bits per heavy atom. The second-order valence-corrected chi connectivity index (χ2v) is 6.97. The van der Waals surface area contributed by atoms with E-state index < -0.39 is 0 Å². The van der Waals surface area contributed by atoms with Gasteiger partial charge in [-0.1, -0.05) is 23.4 Å². The van der Waals surface area contributed by atoms with Crippen LogP contribution in [0.2, 0.25) is 0 Å². The second kappa shape index (κ2) is 8.61. The van der Waals surface area contributed by atoms with Crippen molar-refractivity contribution in [3.63, 3.8) is 0 Å². The van der Waals surface area contributed by atoms with E-state index in [2.05, 4.69) is 10.1 Å². The van der Waals surface area contributed by atoms with Crippen molar-refractivity contribution in [3.05, 3.63) is 59.2 Å². The van der Waals surface area contributed by atoms with E-state index in [9.17, 15) is 9.18 Å². The molecule has 2 N–H and O–H groups in total. The van der Waals surface area contributed by atoms with Crippen LogP contribution in [0.1, 0.15) is 29.9 Å². The summed E-state index contributed by atoms with van der Waals surface area (Å²) in [5.74, 6) is 0.348.